The second-order valence-corrected chi connectivity index (χ2v) is 3.75. The first-order chi connectivity index (χ1) is 8.60. The molecule has 0 spiro atoms. The fourth-order valence-corrected chi connectivity index (χ4v) is 1.66. The van der Waals surface area contributed by atoms with Crippen LogP contribution in [0.5, 0.6) is 11.5 Å². The number of aliphatic imine (C=N–C) groups is 1. The number of phenols is 2. The number of methoxy groups -OCH3 is 1. The lowest BCUT2D eigenvalue weighted by molar-refractivity contribution is 0.176. The minimum Gasteiger partial charge on any atom is -0.508 e. The van der Waals surface area contributed by atoms with Crippen LogP contribution in [0.4, 0.5) is 4.79 Å². The van der Waals surface area contributed by atoms with Gasteiger partial charge >= 0.3 is 6.09 Å². The molecular weight excluding hydrogens is 238 g/mol. The SMILES string of the molecule is COC(=O)NC1=NCC(c2cc(O)ccc2O)N1. The van der Waals surface area contributed by atoms with E-state index in [2.05, 4.69) is 20.4 Å². The van der Waals surface area contributed by atoms with Gasteiger partial charge in [0.15, 0.2) is 0 Å². The van der Waals surface area contributed by atoms with Crippen LogP contribution in [0.15, 0.2) is 23.2 Å². The summed E-state index contributed by atoms with van der Waals surface area (Å²) in [6, 6.07) is 3.94. The van der Waals surface area contributed by atoms with E-state index in [1.54, 1.807) is 0 Å². The third-order valence-electron chi connectivity index (χ3n) is 2.54. The number of amides is 1. The van der Waals surface area contributed by atoms with Gasteiger partial charge in [-0.3, -0.25) is 10.3 Å². The Balaban J connectivity index is 2.06. The average Bonchev–Trinajstić information content (AvgIpc) is 2.80. The van der Waals surface area contributed by atoms with Crippen molar-refractivity contribution >= 4 is 12.1 Å². The van der Waals surface area contributed by atoms with Crippen molar-refractivity contribution in [1.82, 2.24) is 10.6 Å². The summed E-state index contributed by atoms with van der Waals surface area (Å²) in [5.74, 6) is 0.383. The van der Waals surface area contributed by atoms with Crippen LogP contribution >= 0.6 is 0 Å². The van der Waals surface area contributed by atoms with Crippen molar-refractivity contribution in [2.75, 3.05) is 13.7 Å². The molecule has 0 bridgehead atoms. The van der Waals surface area contributed by atoms with Gasteiger partial charge in [-0.1, -0.05) is 0 Å². The first-order valence-corrected chi connectivity index (χ1v) is 5.28. The van der Waals surface area contributed by atoms with Gasteiger partial charge in [0.05, 0.1) is 19.7 Å². The zero-order valence-electron chi connectivity index (χ0n) is 9.67. The average molecular weight is 251 g/mol. The molecule has 1 atom stereocenters. The highest BCUT2D eigenvalue weighted by atomic mass is 16.5. The number of phenolic OH excluding ortho intramolecular Hbond substituents is 2. The number of alkyl carbamates (subject to hydrolysis) is 1. The number of aromatic hydroxyl groups is 2. The van der Waals surface area contributed by atoms with Crippen LogP contribution in [0, 0.1) is 0 Å². The first-order valence-electron chi connectivity index (χ1n) is 5.28. The van der Waals surface area contributed by atoms with E-state index in [0.717, 1.165) is 0 Å². The van der Waals surface area contributed by atoms with E-state index in [1.165, 1.54) is 25.3 Å². The Hall–Kier alpha value is -2.44. The van der Waals surface area contributed by atoms with E-state index in [1.807, 2.05) is 0 Å². The Labute approximate surface area is 103 Å². The minimum absolute atomic E-state index is 0.0546. The summed E-state index contributed by atoms with van der Waals surface area (Å²) in [4.78, 5) is 15.0. The van der Waals surface area contributed by atoms with Crippen molar-refractivity contribution in [1.29, 1.82) is 0 Å². The summed E-state index contributed by atoms with van der Waals surface area (Å²) < 4.78 is 4.44. The summed E-state index contributed by atoms with van der Waals surface area (Å²) in [5.41, 5.74) is 0.514. The highest BCUT2D eigenvalue weighted by Crippen LogP contribution is 2.29. The van der Waals surface area contributed by atoms with Crippen LogP contribution in [0.25, 0.3) is 0 Å². The number of carbonyl (C=O) groups is 1. The van der Waals surface area contributed by atoms with Crippen molar-refractivity contribution in [2.24, 2.45) is 4.99 Å². The fourth-order valence-electron chi connectivity index (χ4n) is 1.66. The zero-order valence-corrected chi connectivity index (χ0v) is 9.67. The molecule has 1 unspecified atom stereocenters. The molecule has 18 heavy (non-hydrogen) atoms. The molecule has 1 aromatic carbocycles. The molecule has 0 radical (unpaired) electrons. The number of guanidine groups is 1. The molecule has 1 amide bonds. The maximum absolute atomic E-state index is 11.0. The topological polar surface area (TPSA) is 103 Å². The van der Waals surface area contributed by atoms with Crippen molar-refractivity contribution in [2.45, 2.75) is 6.04 Å². The van der Waals surface area contributed by atoms with Gasteiger partial charge < -0.3 is 20.3 Å². The van der Waals surface area contributed by atoms with Crippen molar-refractivity contribution in [3.05, 3.63) is 23.8 Å². The molecule has 2 rings (SSSR count). The third-order valence-corrected chi connectivity index (χ3v) is 2.54. The lowest BCUT2D eigenvalue weighted by Crippen LogP contribution is -2.39. The van der Waals surface area contributed by atoms with Crippen molar-refractivity contribution in [3.63, 3.8) is 0 Å². The molecule has 7 heteroatoms. The van der Waals surface area contributed by atoms with Crippen molar-refractivity contribution < 1.29 is 19.7 Å². The Morgan fingerprint density at radius 1 is 1.56 bits per heavy atom. The van der Waals surface area contributed by atoms with Crippen molar-refractivity contribution in [3.8, 4) is 11.5 Å². The highest BCUT2D eigenvalue weighted by molar-refractivity contribution is 5.95. The molecule has 1 aromatic rings. The maximum Gasteiger partial charge on any atom is 0.413 e. The molecule has 0 saturated carbocycles. The normalized spacial score (nSPS) is 17.8. The number of ether oxygens (including phenoxy) is 1. The predicted octanol–water partition coefficient (Wildman–Crippen LogP) is 0.454. The van der Waals surface area contributed by atoms with Gasteiger partial charge in [-0.15, -0.1) is 0 Å². The van der Waals surface area contributed by atoms with Crippen LogP contribution in [0.1, 0.15) is 11.6 Å². The Bertz CT molecular complexity index is 501. The smallest absolute Gasteiger partial charge is 0.413 e. The second-order valence-electron chi connectivity index (χ2n) is 3.75. The van der Waals surface area contributed by atoms with E-state index in [-0.39, 0.29) is 23.5 Å². The molecule has 96 valence electrons. The summed E-state index contributed by atoms with van der Waals surface area (Å²) in [5, 5.41) is 24.4. The number of rotatable bonds is 1. The van der Waals surface area contributed by atoms with Gasteiger partial charge in [0.2, 0.25) is 5.96 Å². The molecule has 0 aliphatic carbocycles. The Morgan fingerprint density at radius 2 is 2.33 bits per heavy atom. The van der Waals surface area contributed by atoms with Crippen LogP contribution in [0.2, 0.25) is 0 Å². The fraction of sp³-hybridized carbons (Fsp3) is 0.273. The number of benzene rings is 1. The Kier molecular flexibility index (Phi) is 3.22. The van der Waals surface area contributed by atoms with E-state index in [0.29, 0.717) is 12.1 Å². The minimum atomic E-state index is -0.623. The number of carbonyl (C=O) groups excluding carboxylic acids is 1. The van der Waals surface area contributed by atoms with Gasteiger partial charge in [0.1, 0.15) is 11.5 Å². The lowest BCUT2D eigenvalue weighted by atomic mass is 10.1. The number of nitrogens with zero attached hydrogens (tertiary/aromatic N) is 1. The first kappa shape index (κ1) is 12.0. The molecule has 0 fully saturated rings. The van der Waals surface area contributed by atoms with Gasteiger partial charge in [-0.05, 0) is 18.2 Å². The summed E-state index contributed by atoms with van der Waals surface area (Å²) >= 11 is 0. The molecule has 1 heterocycles. The number of nitrogens with one attached hydrogen (secondary N) is 2. The standard InChI is InChI=1S/C11H13N3O4/c1-18-11(17)14-10-12-5-8(13-10)7-4-6(15)2-3-9(7)16/h2-4,8,15-16H,5H2,1H3,(H2,12,13,14,17). The summed E-state index contributed by atoms with van der Waals surface area (Å²) in [6.07, 6.45) is -0.623. The predicted molar refractivity (Wildman–Crippen MR) is 63.5 cm³/mol. The van der Waals surface area contributed by atoms with Gasteiger partial charge in [-0.25, -0.2) is 4.79 Å². The third kappa shape index (κ3) is 2.45. The molecule has 4 N–H and O–H groups in total. The quantitative estimate of drug-likeness (QED) is 0.543. The van der Waals surface area contributed by atoms with E-state index in [9.17, 15) is 15.0 Å². The lowest BCUT2D eigenvalue weighted by Gasteiger charge is -2.14. The van der Waals surface area contributed by atoms with E-state index in [4.69, 9.17) is 0 Å². The van der Waals surface area contributed by atoms with Crippen LogP contribution < -0.4 is 10.6 Å². The molecule has 0 aromatic heterocycles. The highest BCUT2D eigenvalue weighted by Gasteiger charge is 2.23. The Morgan fingerprint density at radius 3 is 3.06 bits per heavy atom. The summed E-state index contributed by atoms with van der Waals surface area (Å²) in [7, 11) is 1.25. The van der Waals surface area contributed by atoms with Gasteiger partial charge in [-0.2, -0.15) is 0 Å². The van der Waals surface area contributed by atoms with Crippen LogP contribution in [0.3, 0.4) is 0 Å². The monoisotopic (exact) mass is 251 g/mol. The largest absolute Gasteiger partial charge is 0.508 e. The van der Waals surface area contributed by atoms with E-state index >= 15 is 0 Å². The maximum atomic E-state index is 11.0. The molecule has 1 aliphatic rings. The molecular formula is C11H13N3O4. The second kappa shape index (κ2) is 4.82. The molecule has 0 saturated heterocycles. The van der Waals surface area contributed by atoms with Crippen LogP contribution in [-0.2, 0) is 4.74 Å². The number of hydrogen-bond donors (Lipinski definition) is 4. The molecule has 7 nitrogen and oxygen atoms in total. The number of hydrogen-bond acceptors (Lipinski definition) is 6. The summed E-state index contributed by atoms with van der Waals surface area (Å²) in [6.45, 7) is 0.344. The van der Waals surface area contributed by atoms with E-state index < -0.39 is 6.09 Å². The molecule has 1 aliphatic heterocycles. The van der Waals surface area contributed by atoms with Gasteiger partial charge in [0.25, 0.3) is 0 Å². The zero-order chi connectivity index (χ0) is 13.1. The van der Waals surface area contributed by atoms with Gasteiger partial charge in [0, 0.05) is 5.56 Å². The van der Waals surface area contributed by atoms with Crippen LogP contribution in [-0.4, -0.2) is 35.9 Å².